The minimum Gasteiger partial charge on any atom is -0.471 e. The highest BCUT2D eigenvalue weighted by atomic mass is 35.5. The lowest BCUT2D eigenvalue weighted by molar-refractivity contribution is 0.154. The first-order valence-electron chi connectivity index (χ1n) is 6.19. The smallest absolute Gasteiger partial charge is 0.319 e. The van der Waals surface area contributed by atoms with Crippen molar-refractivity contribution < 1.29 is 9.47 Å². The first-order valence-corrected chi connectivity index (χ1v) is 6.57. The molecule has 1 aliphatic carbocycles. The van der Waals surface area contributed by atoms with Crippen LogP contribution in [0.2, 0.25) is 5.02 Å². The summed E-state index contributed by atoms with van der Waals surface area (Å²) in [4.78, 5) is 8.02. The topological polar surface area (TPSA) is 70.3 Å². The fraction of sp³-hybridized carbons (Fsp3) is 0.667. The minimum absolute atomic E-state index is 0.0320. The Morgan fingerprint density at radius 2 is 2.11 bits per heavy atom. The molecule has 2 N–H and O–H groups in total. The summed E-state index contributed by atoms with van der Waals surface area (Å²) in [5.74, 6) is 0.353. The fourth-order valence-corrected chi connectivity index (χ4v) is 2.24. The van der Waals surface area contributed by atoms with Crippen LogP contribution in [0.1, 0.15) is 32.1 Å². The maximum atomic E-state index is 6.10. The van der Waals surface area contributed by atoms with Crippen molar-refractivity contribution in [2.45, 2.75) is 44.2 Å². The van der Waals surface area contributed by atoms with E-state index < -0.39 is 0 Å². The number of rotatable bonds is 3. The van der Waals surface area contributed by atoms with Crippen LogP contribution in [-0.2, 0) is 0 Å². The van der Waals surface area contributed by atoms with E-state index in [-0.39, 0.29) is 18.2 Å². The van der Waals surface area contributed by atoms with Gasteiger partial charge in [-0.2, -0.15) is 4.98 Å². The molecule has 1 aliphatic rings. The zero-order chi connectivity index (χ0) is 13.0. The number of methoxy groups -OCH3 is 1. The summed E-state index contributed by atoms with van der Waals surface area (Å²) >= 11 is 6.01. The highest BCUT2D eigenvalue weighted by Gasteiger charge is 2.23. The van der Waals surface area contributed by atoms with Crippen LogP contribution in [0.15, 0.2) is 6.20 Å². The predicted molar refractivity (Wildman–Crippen MR) is 69.1 cm³/mol. The molecule has 1 saturated carbocycles. The average Bonchev–Trinajstić information content (AvgIpc) is 2.58. The third kappa shape index (κ3) is 3.23. The van der Waals surface area contributed by atoms with Gasteiger partial charge < -0.3 is 15.2 Å². The van der Waals surface area contributed by atoms with E-state index in [9.17, 15) is 0 Å². The van der Waals surface area contributed by atoms with Gasteiger partial charge in [-0.1, -0.05) is 24.4 Å². The molecule has 1 aromatic heterocycles. The van der Waals surface area contributed by atoms with E-state index in [2.05, 4.69) is 9.97 Å². The molecule has 0 saturated heterocycles. The van der Waals surface area contributed by atoms with Crippen molar-refractivity contribution in [2.75, 3.05) is 7.11 Å². The molecule has 1 aromatic rings. The average molecular weight is 272 g/mol. The maximum Gasteiger partial charge on any atom is 0.319 e. The lowest BCUT2D eigenvalue weighted by atomic mass is 10.1. The molecule has 0 aromatic carbocycles. The summed E-state index contributed by atoms with van der Waals surface area (Å²) in [7, 11) is 1.50. The molecule has 18 heavy (non-hydrogen) atoms. The number of aromatic nitrogens is 2. The van der Waals surface area contributed by atoms with Crippen molar-refractivity contribution in [1.82, 2.24) is 9.97 Å². The van der Waals surface area contributed by atoms with Gasteiger partial charge in [0.1, 0.15) is 11.1 Å². The van der Waals surface area contributed by atoms with Crippen molar-refractivity contribution in [3.8, 4) is 11.9 Å². The Kier molecular flexibility index (Phi) is 4.60. The van der Waals surface area contributed by atoms with Crippen LogP contribution in [0.3, 0.4) is 0 Å². The van der Waals surface area contributed by atoms with Crippen LogP contribution in [0.25, 0.3) is 0 Å². The summed E-state index contributed by atoms with van der Waals surface area (Å²) in [6.07, 6.45) is 6.83. The number of hydrogen-bond acceptors (Lipinski definition) is 5. The van der Waals surface area contributed by atoms with Gasteiger partial charge in [0.2, 0.25) is 5.88 Å². The lowest BCUT2D eigenvalue weighted by Crippen LogP contribution is -2.38. The number of nitrogens with two attached hydrogens (primary N) is 1. The standard InChI is InChI=1S/C12H18ClN3O2/c1-17-12-15-7-8(13)11(16-12)18-10-6-4-2-3-5-9(10)14/h7,9-10H,2-6,14H2,1H3. The molecule has 0 aliphatic heterocycles. The Morgan fingerprint density at radius 3 is 2.89 bits per heavy atom. The molecule has 1 fully saturated rings. The normalized spacial score (nSPS) is 24.4. The first-order chi connectivity index (χ1) is 8.70. The van der Waals surface area contributed by atoms with Gasteiger partial charge in [0.25, 0.3) is 0 Å². The zero-order valence-electron chi connectivity index (χ0n) is 10.4. The Hall–Kier alpha value is -1.07. The first kappa shape index (κ1) is 13.4. The van der Waals surface area contributed by atoms with Crippen LogP contribution >= 0.6 is 11.6 Å². The number of nitrogens with zero attached hydrogens (tertiary/aromatic N) is 2. The summed E-state index contributed by atoms with van der Waals surface area (Å²) in [5, 5.41) is 0.382. The Bertz CT molecular complexity index is 403. The number of ether oxygens (including phenoxy) is 2. The predicted octanol–water partition coefficient (Wildman–Crippen LogP) is 2.18. The molecule has 2 atom stereocenters. The van der Waals surface area contributed by atoms with E-state index in [4.69, 9.17) is 26.8 Å². The summed E-state index contributed by atoms with van der Waals surface area (Å²) in [6.45, 7) is 0. The van der Waals surface area contributed by atoms with E-state index in [0.29, 0.717) is 10.9 Å². The van der Waals surface area contributed by atoms with Gasteiger partial charge in [-0.05, 0) is 19.3 Å². The monoisotopic (exact) mass is 271 g/mol. The molecular weight excluding hydrogens is 254 g/mol. The molecule has 2 rings (SSSR count). The molecule has 0 amide bonds. The molecule has 1 heterocycles. The van der Waals surface area contributed by atoms with Gasteiger partial charge in [0, 0.05) is 6.04 Å². The molecule has 5 nitrogen and oxygen atoms in total. The van der Waals surface area contributed by atoms with Crippen LogP contribution < -0.4 is 15.2 Å². The van der Waals surface area contributed by atoms with Crippen molar-refractivity contribution in [3.63, 3.8) is 0 Å². The molecule has 2 unspecified atom stereocenters. The van der Waals surface area contributed by atoms with Gasteiger partial charge in [-0.3, -0.25) is 0 Å². The molecule has 0 spiro atoms. The van der Waals surface area contributed by atoms with Crippen molar-refractivity contribution in [1.29, 1.82) is 0 Å². The lowest BCUT2D eigenvalue weighted by Gasteiger charge is -2.22. The van der Waals surface area contributed by atoms with E-state index in [0.717, 1.165) is 25.7 Å². The SMILES string of the molecule is COc1ncc(Cl)c(OC2CCCCCC2N)n1. The molecule has 0 bridgehead atoms. The third-order valence-electron chi connectivity index (χ3n) is 3.14. The second kappa shape index (κ2) is 6.20. The van der Waals surface area contributed by atoms with Crippen molar-refractivity contribution in [2.24, 2.45) is 5.73 Å². The molecule has 0 radical (unpaired) electrons. The minimum atomic E-state index is -0.0374. The number of hydrogen-bond donors (Lipinski definition) is 1. The quantitative estimate of drug-likeness (QED) is 0.853. The highest BCUT2D eigenvalue weighted by Crippen LogP contribution is 2.27. The second-order valence-electron chi connectivity index (χ2n) is 4.47. The molecular formula is C12H18ClN3O2. The highest BCUT2D eigenvalue weighted by molar-refractivity contribution is 6.31. The third-order valence-corrected chi connectivity index (χ3v) is 3.40. The second-order valence-corrected chi connectivity index (χ2v) is 4.88. The Morgan fingerprint density at radius 1 is 1.33 bits per heavy atom. The van der Waals surface area contributed by atoms with E-state index >= 15 is 0 Å². The van der Waals surface area contributed by atoms with Crippen molar-refractivity contribution in [3.05, 3.63) is 11.2 Å². The molecule has 100 valence electrons. The van der Waals surface area contributed by atoms with Crippen LogP contribution in [0.5, 0.6) is 11.9 Å². The van der Waals surface area contributed by atoms with Crippen LogP contribution in [0.4, 0.5) is 0 Å². The maximum absolute atomic E-state index is 6.10. The van der Waals surface area contributed by atoms with Gasteiger partial charge in [0.05, 0.1) is 13.3 Å². The fourth-order valence-electron chi connectivity index (χ4n) is 2.11. The van der Waals surface area contributed by atoms with Gasteiger partial charge in [-0.25, -0.2) is 4.98 Å². The summed E-state index contributed by atoms with van der Waals surface area (Å²) < 4.78 is 10.8. The van der Waals surface area contributed by atoms with E-state index in [1.165, 1.54) is 19.7 Å². The van der Waals surface area contributed by atoms with E-state index in [1.54, 1.807) is 0 Å². The van der Waals surface area contributed by atoms with Crippen molar-refractivity contribution >= 4 is 11.6 Å². The van der Waals surface area contributed by atoms with Gasteiger partial charge in [-0.15, -0.1) is 0 Å². The summed E-state index contributed by atoms with van der Waals surface area (Å²) in [5.41, 5.74) is 6.10. The van der Waals surface area contributed by atoms with Crippen LogP contribution in [-0.4, -0.2) is 29.2 Å². The summed E-state index contributed by atoms with van der Waals surface area (Å²) in [6, 6.07) is 0.279. The number of halogens is 1. The zero-order valence-corrected chi connectivity index (χ0v) is 11.2. The van der Waals surface area contributed by atoms with Gasteiger partial charge in [0.15, 0.2) is 0 Å². The Labute approximate surface area is 112 Å². The molecule has 6 heteroatoms. The largest absolute Gasteiger partial charge is 0.471 e. The van der Waals surface area contributed by atoms with Gasteiger partial charge >= 0.3 is 6.01 Å². The van der Waals surface area contributed by atoms with Crippen LogP contribution in [0, 0.1) is 0 Å². The Balaban J connectivity index is 2.11. The van der Waals surface area contributed by atoms with E-state index in [1.807, 2.05) is 0 Å².